The summed E-state index contributed by atoms with van der Waals surface area (Å²) in [5.74, 6) is -2.41. The van der Waals surface area contributed by atoms with Crippen molar-refractivity contribution in [1.29, 1.82) is 0 Å². The molecule has 5 heteroatoms. The Labute approximate surface area is 96.7 Å². The molecular formula is C12H10F2N2O. The maximum absolute atomic E-state index is 13.4. The van der Waals surface area contributed by atoms with Crippen molar-refractivity contribution in [2.75, 3.05) is 0 Å². The molecule has 0 aliphatic heterocycles. The van der Waals surface area contributed by atoms with Gasteiger partial charge in [-0.25, -0.2) is 8.78 Å². The molecule has 2 rings (SSSR count). The summed E-state index contributed by atoms with van der Waals surface area (Å²) in [7, 11) is 1.64. The molecule has 0 aliphatic carbocycles. The van der Waals surface area contributed by atoms with Crippen molar-refractivity contribution in [1.82, 2.24) is 9.78 Å². The van der Waals surface area contributed by atoms with Gasteiger partial charge in [-0.15, -0.1) is 0 Å². The van der Waals surface area contributed by atoms with Gasteiger partial charge >= 0.3 is 0 Å². The summed E-state index contributed by atoms with van der Waals surface area (Å²) in [4.78, 5) is 12.0. The summed E-state index contributed by atoms with van der Waals surface area (Å²) in [6.07, 6.45) is 1.45. The van der Waals surface area contributed by atoms with Gasteiger partial charge in [-0.05, 0) is 19.1 Å². The zero-order chi connectivity index (χ0) is 12.6. The van der Waals surface area contributed by atoms with Crippen LogP contribution in [0.4, 0.5) is 8.78 Å². The fourth-order valence-corrected chi connectivity index (χ4v) is 1.67. The largest absolute Gasteiger partial charge is 0.288 e. The van der Waals surface area contributed by atoms with Crippen molar-refractivity contribution >= 4 is 5.78 Å². The molecular weight excluding hydrogens is 226 g/mol. The topological polar surface area (TPSA) is 34.9 Å². The van der Waals surface area contributed by atoms with Crippen LogP contribution in [0, 0.1) is 18.6 Å². The Hall–Kier alpha value is -2.04. The second kappa shape index (κ2) is 4.08. The molecule has 0 bridgehead atoms. The molecule has 88 valence electrons. The van der Waals surface area contributed by atoms with Gasteiger partial charge in [-0.3, -0.25) is 9.48 Å². The first-order valence-electron chi connectivity index (χ1n) is 4.99. The molecule has 0 atom stereocenters. The van der Waals surface area contributed by atoms with Crippen LogP contribution in [0.15, 0.2) is 24.4 Å². The van der Waals surface area contributed by atoms with Crippen LogP contribution in [-0.4, -0.2) is 15.6 Å². The van der Waals surface area contributed by atoms with E-state index in [0.29, 0.717) is 5.69 Å². The van der Waals surface area contributed by atoms with Gasteiger partial charge in [0.2, 0.25) is 5.78 Å². The number of hydrogen-bond acceptors (Lipinski definition) is 2. The standard InChI is InChI=1S/C12H10F2N2O/c1-7-8(6-16(2)15-7)12(17)11-9(13)4-3-5-10(11)14/h3-6H,1-2H3. The molecule has 0 saturated heterocycles. The van der Waals surface area contributed by atoms with Crippen LogP contribution in [0.3, 0.4) is 0 Å². The Bertz CT molecular complexity index is 570. The van der Waals surface area contributed by atoms with E-state index in [1.807, 2.05) is 0 Å². The fraction of sp³-hybridized carbons (Fsp3) is 0.167. The van der Waals surface area contributed by atoms with Gasteiger partial charge in [0.05, 0.1) is 16.8 Å². The molecule has 0 unspecified atom stereocenters. The molecule has 3 nitrogen and oxygen atoms in total. The molecule has 2 aromatic rings. The monoisotopic (exact) mass is 236 g/mol. The minimum absolute atomic E-state index is 0.205. The lowest BCUT2D eigenvalue weighted by molar-refractivity contribution is 0.103. The number of hydrogen-bond donors (Lipinski definition) is 0. The van der Waals surface area contributed by atoms with E-state index in [4.69, 9.17) is 0 Å². The van der Waals surface area contributed by atoms with E-state index in [1.165, 1.54) is 16.9 Å². The average Bonchev–Trinajstić information content (AvgIpc) is 2.57. The number of carbonyl (C=O) groups is 1. The Balaban J connectivity index is 2.55. The van der Waals surface area contributed by atoms with E-state index in [0.717, 1.165) is 12.1 Å². The molecule has 0 amide bonds. The van der Waals surface area contributed by atoms with Crippen LogP contribution in [0.5, 0.6) is 0 Å². The van der Waals surface area contributed by atoms with E-state index in [-0.39, 0.29) is 5.56 Å². The zero-order valence-electron chi connectivity index (χ0n) is 9.37. The van der Waals surface area contributed by atoms with Gasteiger partial charge in [-0.2, -0.15) is 5.10 Å². The third-order valence-corrected chi connectivity index (χ3v) is 2.45. The molecule has 0 spiro atoms. The zero-order valence-corrected chi connectivity index (χ0v) is 9.37. The van der Waals surface area contributed by atoms with Gasteiger partial charge in [0.15, 0.2) is 0 Å². The van der Waals surface area contributed by atoms with Crippen molar-refractivity contribution < 1.29 is 13.6 Å². The third kappa shape index (κ3) is 1.95. The predicted molar refractivity (Wildman–Crippen MR) is 57.7 cm³/mol. The van der Waals surface area contributed by atoms with Gasteiger partial charge in [0.25, 0.3) is 0 Å². The molecule has 0 saturated carbocycles. The first kappa shape index (κ1) is 11.4. The molecule has 1 aromatic carbocycles. The van der Waals surface area contributed by atoms with Crippen molar-refractivity contribution in [2.24, 2.45) is 7.05 Å². The average molecular weight is 236 g/mol. The normalized spacial score (nSPS) is 10.6. The third-order valence-electron chi connectivity index (χ3n) is 2.45. The van der Waals surface area contributed by atoms with Crippen molar-refractivity contribution in [3.05, 3.63) is 52.9 Å². The number of ketones is 1. The van der Waals surface area contributed by atoms with Crippen LogP contribution in [0.1, 0.15) is 21.6 Å². The van der Waals surface area contributed by atoms with E-state index in [9.17, 15) is 13.6 Å². The predicted octanol–water partition coefficient (Wildman–Crippen LogP) is 2.24. The Kier molecular flexibility index (Phi) is 2.75. The van der Waals surface area contributed by atoms with E-state index in [2.05, 4.69) is 5.10 Å². The number of halogens is 2. The molecule has 0 radical (unpaired) electrons. The number of aryl methyl sites for hydroxylation is 2. The van der Waals surface area contributed by atoms with Crippen LogP contribution >= 0.6 is 0 Å². The van der Waals surface area contributed by atoms with Crippen molar-refractivity contribution in [2.45, 2.75) is 6.92 Å². The highest BCUT2D eigenvalue weighted by molar-refractivity contribution is 6.09. The molecule has 0 aliphatic rings. The second-order valence-corrected chi connectivity index (χ2v) is 3.73. The lowest BCUT2D eigenvalue weighted by Gasteiger charge is -2.02. The van der Waals surface area contributed by atoms with Gasteiger partial charge in [-0.1, -0.05) is 6.07 Å². The highest BCUT2D eigenvalue weighted by Gasteiger charge is 2.21. The van der Waals surface area contributed by atoms with E-state index < -0.39 is 23.0 Å². The highest BCUT2D eigenvalue weighted by atomic mass is 19.1. The summed E-state index contributed by atoms with van der Waals surface area (Å²) in [6.45, 7) is 1.62. The summed E-state index contributed by atoms with van der Waals surface area (Å²) >= 11 is 0. The first-order valence-corrected chi connectivity index (χ1v) is 4.99. The number of nitrogens with zero attached hydrogens (tertiary/aromatic N) is 2. The fourth-order valence-electron chi connectivity index (χ4n) is 1.67. The Morgan fingerprint density at radius 3 is 2.35 bits per heavy atom. The second-order valence-electron chi connectivity index (χ2n) is 3.73. The summed E-state index contributed by atoms with van der Waals surface area (Å²) < 4.78 is 28.3. The number of rotatable bonds is 2. The molecule has 0 fully saturated rings. The number of aromatic nitrogens is 2. The van der Waals surface area contributed by atoms with Crippen LogP contribution in [0.2, 0.25) is 0 Å². The number of benzene rings is 1. The number of carbonyl (C=O) groups excluding carboxylic acids is 1. The SMILES string of the molecule is Cc1nn(C)cc1C(=O)c1c(F)cccc1F. The Morgan fingerprint density at radius 1 is 1.29 bits per heavy atom. The van der Waals surface area contributed by atoms with Gasteiger partial charge in [0, 0.05) is 13.2 Å². The quantitative estimate of drug-likeness (QED) is 0.749. The van der Waals surface area contributed by atoms with E-state index in [1.54, 1.807) is 14.0 Å². The highest BCUT2D eigenvalue weighted by Crippen LogP contribution is 2.18. The lowest BCUT2D eigenvalue weighted by atomic mass is 10.0. The Morgan fingerprint density at radius 2 is 1.88 bits per heavy atom. The van der Waals surface area contributed by atoms with Crippen molar-refractivity contribution in [3.63, 3.8) is 0 Å². The van der Waals surface area contributed by atoms with E-state index >= 15 is 0 Å². The summed E-state index contributed by atoms with van der Waals surface area (Å²) in [5.41, 5.74) is 0.111. The lowest BCUT2D eigenvalue weighted by Crippen LogP contribution is -2.07. The minimum Gasteiger partial charge on any atom is -0.288 e. The summed E-state index contributed by atoms with van der Waals surface area (Å²) in [5, 5.41) is 3.97. The van der Waals surface area contributed by atoms with Gasteiger partial charge in [0.1, 0.15) is 11.6 Å². The molecule has 0 N–H and O–H groups in total. The van der Waals surface area contributed by atoms with Crippen LogP contribution in [-0.2, 0) is 7.05 Å². The summed E-state index contributed by atoms with van der Waals surface area (Å²) in [6, 6.07) is 3.33. The molecule has 1 heterocycles. The molecule has 1 aromatic heterocycles. The van der Waals surface area contributed by atoms with Crippen LogP contribution < -0.4 is 0 Å². The maximum Gasteiger partial charge on any atom is 0.202 e. The van der Waals surface area contributed by atoms with Gasteiger partial charge < -0.3 is 0 Å². The smallest absolute Gasteiger partial charge is 0.202 e. The maximum atomic E-state index is 13.4. The minimum atomic E-state index is -0.863. The first-order chi connectivity index (χ1) is 8.00. The molecule has 17 heavy (non-hydrogen) atoms. The van der Waals surface area contributed by atoms with Crippen LogP contribution in [0.25, 0.3) is 0 Å². The van der Waals surface area contributed by atoms with Crippen molar-refractivity contribution in [3.8, 4) is 0 Å².